The fourth-order valence-corrected chi connectivity index (χ4v) is 1.52. The van der Waals surface area contributed by atoms with E-state index in [0.717, 1.165) is 6.07 Å². The predicted molar refractivity (Wildman–Crippen MR) is 67.1 cm³/mol. The monoisotopic (exact) mass is 332 g/mol. The summed E-state index contributed by atoms with van der Waals surface area (Å²) >= 11 is 2.94. The number of carboxylic acid groups (broad SMARTS) is 1. The smallest absolute Gasteiger partial charge is 0.322 e. The van der Waals surface area contributed by atoms with Crippen LogP contribution in [0.2, 0.25) is 0 Å². The molecular weight excluding hydrogens is 323 g/mol. The minimum absolute atomic E-state index is 0.135. The van der Waals surface area contributed by atoms with Crippen LogP contribution in [0.1, 0.15) is 10.4 Å². The molecule has 0 aliphatic heterocycles. The topological polar surface area (TPSA) is 95.5 Å². The quantitative estimate of drug-likeness (QED) is 0.732. The second kappa shape index (κ2) is 6.83. The van der Waals surface area contributed by atoms with Gasteiger partial charge in [0.05, 0.1) is 11.0 Å². The highest BCUT2D eigenvalue weighted by Gasteiger charge is 2.10. The van der Waals surface area contributed by atoms with E-state index in [9.17, 15) is 18.8 Å². The summed E-state index contributed by atoms with van der Waals surface area (Å²) < 4.78 is 13.1. The zero-order chi connectivity index (χ0) is 14.4. The van der Waals surface area contributed by atoms with Crippen molar-refractivity contribution in [2.24, 2.45) is 0 Å². The van der Waals surface area contributed by atoms with Crippen LogP contribution in [-0.2, 0) is 9.59 Å². The van der Waals surface area contributed by atoms with Crippen molar-refractivity contribution in [3.05, 3.63) is 34.1 Å². The van der Waals surface area contributed by atoms with Gasteiger partial charge >= 0.3 is 5.97 Å². The van der Waals surface area contributed by atoms with E-state index in [1.807, 2.05) is 0 Å². The van der Waals surface area contributed by atoms with Crippen LogP contribution < -0.4 is 10.6 Å². The van der Waals surface area contributed by atoms with E-state index in [4.69, 9.17) is 5.11 Å². The second-order valence-electron chi connectivity index (χ2n) is 3.48. The molecule has 0 radical (unpaired) electrons. The van der Waals surface area contributed by atoms with Crippen molar-refractivity contribution in [2.45, 2.75) is 0 Å². The van der Waals surface area contributed by atoms with Crippen LogP contribution >= 0.6 is 15.9 Å². The summed E-state index contributed by atoms with van der Waals surface area (Å²) in [6.07, 6.45) is 0. The van der Waals surface area contributed by atoms with Gasteiger partial charge in [-0.05, 0) is 34.1 Å². The van der Waals surface area contributed by atoms with Gasteiger partial charge < -0.3 is 15.7 Å². The number of hydrogen-bond donors (Lipinski definition) is 3. The molecule has 102 valence electrons. The maximum Gasteiger partial charge on any atom is 0.322 e. The number of rotatable bonds is 5. The van der Waals surface area contributed by atoms with Gasteiger partial charge in [0.1, 0.15) is 12.4 Å². The van der Waals surface area contributed by atoms with E-state index in [2.05, 4.69) is 26.6 Å². The number of aliphatic carboxylic acids is 1. The molecule has 2 amide bonds. The number of halogens is 2. The molecule has 0 unspecified atom stereocenters. The molecule has 1 rings (SSSR count). The molecule has 1 aromatic carbocycles. The zero-order valence-corrected chi connectivity index (χ0v) is 11.2. The maximum absolute atomic E-state index is 13.0. The Labute approximate surface area is 116 Å². The number of hydrogen-bond acceptors (Lipinski definition) is 3. The average molecular weight is 333 g/mol. The van der Waals surface area contributed by atoms with Crippen LogP contribution in [0.3, 0.4) is 0 Å². The van der Waals surface area contributed by atoms with E-state index in [1.165, 1.54) is 12.1 Å². The van der Waals surface area contributed by atoms with Crippen molar-refractivity contribution >= 4 is 33.7 Å². The fraction of sp³-hybridized carbons (Fsp3) is 0.182. The molecule has 1 aromatic rings. The molecule has 6 nitrogen and oxygen atoms in total. The Kier molecular flexibility index (Phi) is 5.43. The lowest BCUT2D eigenvalue weighted by molar-refractivity contribution is -0.137. The van der Waals surface area contributed by atoms with E-state index >= 15 is 0 Å². The molecule has 0 heterocycles. The zero-order valence-electron chi connectivity index (χ0n) is 9.57. The third-order valence-electron chi connectivity index (χ3n) is 2.03. The summed E-state index contributed by atoms with van der Waals surface area (Å²) in [5.74, 6) is -2.87. The SMILES string of the molecule is O=C(O)CNC(=O)CNC(=O)c1ccc(F)c(Br)c1. The lowest BCUT2D eigenvalue weighted by atomic mass is 10.2. The van der Waals surface area contributed by atoms with Crippen molar-refractivity contribution < 1.29 is 23.9 Å². The predicted octanol–water partition coefficient (Wildman–Crippen LogP) is 0.519. The van der Waals surface area contributed by atoms with Crippen LogP contribution in [0.4, 0.5) is 4.39 Å². The third-order valence-corrected chi connectivity index (χ3v) is 2.64. The van der Waals surface area contributed by atoms with E-state index in [1.54, 1.807) is 0 Å². The second-order valence-corrected chi connectivity index (χ2v) is 4.34. The summed E-state index contributed by atoms with van der Waals surface area (Å²) in [4.78, 5) is 32.9. The van der Waals surface area contributed by atoms with Gasteiger partial charge in [-0.15, -0.1) is 0 Å². The van der Waals surface area contributed by atoms with E-state index in [-0.39, 0.29) is 16.6 Å². The minimum Gasteiger partial charge on any atom is -0.480 e. The van der Waals surface area contributed by atoms with Crippen LogP contribution in [0, 0.1) is 5.82 Å². The summed E-state index contributed by atoms with van der Waals surface area (Å²) in [6, 6.07) is 3.66. The van der Waals surface area contributed by atoms with E-state index < -0.39 is 30.1 Å². The van der Waals surface area contributed by atoms with Crippen LogP contribution in [0.5, 0.6) is 0 Å². The molecule has 8 heteroatoms. The number of carboxylic acids is 1. The van der Waals surface area contributed by atoms with Gasteiger partial charge in [-0.3, -0.25) is 14.4 Å². The largest absolute Gasteiger partial charge is 0.480 e. The standard InChI is InChI=1S/C11H10BrFN2O4/c12-7-3-6(1-2-8(7)13)11(19)15-4-9(16)14-5-10(17)18/h1-3H,4-5H2,(H,14,16)(H,15,19)(H,17,18). The van der Waals surface area contributed by atoms with Crippen LogP contribution in [0.25, 0.3) is 0 Å². The molecule has 0 aliphatic rings. The molecular formula is C11H10BrFN2O4. The van der Waals surface area contributed by atoms with Gasteiger partial charge in [0.15, 0.2) is 0 Å². The fourth-order valence-electron chi connectivity index (χ4n) is 1.14. The number of benzene rings is 1. The van der Waals surface area contributed by atoms with Gasteiger partial charge in [-0.25, -0.2) is 4.39 Å². The summed E-state index contributed by atoms with van der Waals surface area (Å²) in [6.45, 7) is -0.877. The van der Waals surface area contributed by atoms with Gasteiger partial charge in [-0.1, -0.05) is 0 Å². The Morgan fingerprint density at radius 3 is 2.47 bits per heavy atom. The lowest BCUT2D eigenvalue weighted by Crippen LogP contribution is -2.39. The van der Waals surface area contributed by atoms with Crippen molar-refractivity contribution in [3.63, 3.8) is 0 Å². The van der Waals surface area contributed by atoms with E-state index in [0.29, 0.717) is 0 Å². The summed E-state index contributed by atoms with van der Waals surface area (Å²) in [5, 5.41) is 12.7. The summed E-state index contributed by atoms with van der Waals surface area (Å²) in [7, 11) is 0. The first-order valence-corrected chi connectivity index (χ1v) is 5.91. The molecule has 0 aromatic heterocycles. The summed E-state index contributed by atoms with van der Waals surface area (Å²) in [5.41, 5.74) is 0.180. The minimum atomic E-state index is -1.18. The Bertz CT molecular complexity index is 521. The maximum atomic E-state index is 13.0. The number of carbonyl (C=O) groups is 3. The first kappa shape index (κ1) is 15.1. The van der Waals surface area contributed by atoms with Crippen molar-refractivity contribution in [1.29, 1.82) is 0 Å². The number of nitrogens with one attached hydrogen (secondary N) is 2. The Morgan fingerprint density at radius 1 is 1.21 bits per heavy atom. The first-order chi connectivity index (χ1) is 8.90. The Morgan fingerprint density at radius 2 is 1.89 bits per heavy atom. The average Bonchev–Trinajstić information content (AvgIpc) is 2.36. The van der Waals surface area contributed by atoms with Gasteiger partial charge in [0.25, 0.3) is 5.91 Å². The molecule has 0 saturated carbocycles. The molecule has 0 saturated heterocycles. The number of carbonyl (C=O) groups excluding carboxylic acids is 2. The molecule has 3 N–H and O–H groups in total. The number of amides is 2. The molecule has 0 atom stereocenters. The van der Waals surface area contributed by atoms with Gasteiger partial charge in [0, 0.05) is 5.56 Å². The van der Waals surface area contributed by atoms with Crippen LogP contribution in [0.15, 0.2) is 22.7 Å². The Hall–Kier alpha value is -1.96. The van der Waals surface area contributed by atoms with Crippen molar-refractivity contribution in [3.8, 4) is 0 Å². The highest BCUT2D eigenvalue weighted by atomic mass is 79.9. The first-order valence-electron chi connectivity index (χ1n) is 5.12. The molecule has 0 spiro atoms. The molecule has 19 heavy (non-hydrogen) atoms. The van der Waals surface area contributed by atoms with Gasteiger partial charge in [-0.2, -0.15) is 0 Å². The highest BCUT2D eigenvalue weighted by Crippen LogP contribution is 2.16. The highest BCUT2D eigenvalue weighted by molar-refractivity contribution is 9.10. The third kappa shape index (κ3) is 5.04. The van der Waals surface area contributed by atoms with Gasteiger partial charge in [0.2, 0.25) is 5.91 Å². The Balaban J connectivity index is 2.49. The molecule has 0 aliphatic carbocycles. The van der Waals surface area contributed by atoms with Crippen LogP contribution in [-0.4, -0.2) is 36.0 Å². The van der Waals surface area contributed by atoms with Crippen molar-refractivity contribution in [1.82, 2.24) is 10.6 Å². The lowest BCUT2D eigenvalue weighted by Gasteiger charge is -2.06. The molecule has 0 fully saturated rings. The normalized spacial score (nSPS) is 9.79. The molecule has 0 bridgehead atoms. The van der Waals surface area contributed by atoms with Crippen molar-refractivity contribution in [2.75, 3.05) is 13.1 Å².